The lowest BCUT2D eigenvalue weighted by Crippen LogP contribution is -2.04. The molecule has 0 amide bonds. The van der Waals surface area contributed by atoms with Crippen LogP contribution < -0.4 is 5.73 Å². The maximum absolute atomic E-state index is 5.45. The number of hydrogen-bond donors (Lipinski definition) is 1. The van der Waals surface area contributed by atoms with Gasteiger partial charge in [-0.3, -0.25) is 0 Å². The number of nitrogens with zero attached hydrogens (tertiary/aromatic N) is 4. The largest absolute Gasteiger partial charge is 0.351 e. The lowest BCUT2D eigenvalue weighted by molar-refractivity contribution is 0.835. The van der Waals surface area contributed by atoms with Crippen LogP contribution in [0.2, 0.25) is 0 Å². The third-order valence-electron chi connectivity index (χ3n) is 2.97. The predicted octanol–water partition coefficient (Wildman–Crippen LogP) is 1.49. The molecule has 0 bridgehead atoms. The van der Waals surface area contributed by atoms with Gasteiger partial charge in [-0.05, 0) is 18.2 Å². The Hall–Kier alpha value is -2.27. The SMILES string of the molecule is Cn1ccc2cc(-c3cnc(CN)nn3)ccc21. The molecule has 18 heavy (non-hydrogen) atoms. The lowest BCUT2D eigenvalue weighted by Gasteiger charge is -2.02. The highest BCUT2D eigenvalue weighted by atomic mass is 15.2. The Labute approximate surface area is 104 Å². The van der Waals surface area contributed by atoms with E-state index in [9.17, 15) is 0 Å². The summed E-state index contributed by atoms with van der Waals surface area (Å²) in [7, 11) is 2.03. The van der Waals surface area contributed by atoms with Crippen LogP contribution in [0.25, 0.3) is 22.2 Å². The first-order chi connectivity index (χ1) is 8.78. The van der Waals surface area contributed by atoms with Crippen molar-refractivity contribution in [2.75, 3.05) is 0 Å². The van der Waals surface area contributed by atoms with Crippen LogP contribution in [-0.2, 0) is 13.6 Å². The normalized spacial score (nSPS) is 11.0. The monoisotopic (exact) mass is 239 g/mol. The van der Waals surface area contributed by atoms with E-state index < -0.39 is 0 Å². The zero-order chi connectivity index (χ0) is 12.5. The third kappa shape index (κ3) is 1.74. The summed E-state index contributed by atoms with van der Waals surface area (Å²) in [4.78, 5) is 4.16. The molecule has 0 aliphatic rings. The van der Waals surface area contributed by atoms with Crippen molar-refractivity contribution < 1.29 is 0 Å². The molecule has 0 radical (unpaired) electrons. The maximum atomic E-state index is 5.45. The molecule has 3 aromatic rings. The van der Waals surface area contributed by atoms with Gasteiger partial charge < -0.3 is 10.3 Å². The smallest absolute Gasteiger partial charge is 0.164 e. The predicted molar refractivity (Wildman–Crippen MR) is 69.6 cm³/mol. The minimum atomic E-state index is 0.311. The highest BCUT2D eigenvalue weighted by Gasteiger charge is 2.04. The van der Waals surface area contributed by atoms with E-state index in [0.717, 1.165) is 11.3 Å². The number of benzene rings is 1. The second kappa shape index (κ2) is 4.19. The van der Waals surface area contributed by atoms with Gasteiger partial charge in [0.1, 0.15) is 5.69 Å². The number of hydrogen-bond acceptors (Lipinski definition) is 4. The Kier molecular flexibility index (Phi) is 2.53. The molecule has 5 heteroatoms. The van der Waals surface area contributed by atoms with Crippen molar-refractivity contribution in [3.8, 4) is 11.3 Å². The molecule has 0 saturated carbocycles. The zero-order valence-corrected chi connectivity index (χ0v) is 10.0. The fourth-order valence-corrected chi connectivity index (χ4v) is 1.97. The lowest BCUT2D eigenvalue weighted by atomic mass is 10.1. The van der Waals surface area contributed by atoms with E-state index in [1.54, 1.807) is 6.20 Å². The van der Waals surface area contributed by atoms with E-state index in [1.807, 2.05) is 19.3 Å². The number of aryl methyl sites for hydroxylation is 1. The maximum Gasteiger partial charge on any atom is 0.164 e. The van der Waals surface area contributed by atoms with Gasteiger partial charge in [0, 0.05) is 29.7 Å². The van der Waals surface area contributed by atoms with Crippen molar-refractivity contribution in [2.24, 2.45) is 12.8 Å². The fourth-order valence-electron chi connectivity index (χ4n) is 1.97. The molecule has 3 rings (SSSR count). The first-order valence-electron chi connectivity index (χ1n) is 5.72. The van der Waals surface area contributed by atoms with Crippen LogP contribution in [-0.4, -0.2) is 19.7 Å². The second-order valence-electron chi connectivity index (χ2n) is 4.16. The van der Waals surface area contributed by atoms with Gasteiger partial charge in [-0.1, -0.05) is 6.07 Å². The number of nitrogens with two attached hydrogens (primary N) is 1. The fraction of sp³-hybridized carbons (Fsp3) is 0.154. The quantitative estimate of drug-likeness (QED) is 0.735. The Morgan fingerprint density at radius 3 is 2.83 bits per heavy atom. The standard InChI is InChI=1S/C13H13N5/c1-18-5-4-10-6-9(2-3-12(10)18)11-8-15-13(7-14)17-16-11/h2-6,8H,7,14H2,1H3. The molecule has 5 nitrogen and oxygen atoms in total. The summed E-state index contributed by atoms with van der Waals surface area (Å²) >= 11 is 0. The van der Waals surface area contributed by atoms with Gasteiger partial charge in [-0.25, -0.2) is 4.98 Å². The van der Waals surface area contributed by atoms with E-state index in [0.29, 0.717) is 12.4 Å². The van der Waals surface area contributed by atoms with Crippen molar-refractivity contribution in [1.82, 2.24) is 19.7 Å². The molecule has 2 aromatic heterocycles. The van der Waals surface area contributed by atoms with Gasteiger partial charge in [0.15, 0.2) is 5.82 Å². The average Bonchev–Trinajstić information content (AvgIpc) is 2.80. The van der Waals surface area contributed by atoms with E-state index in [-0.39, 0.29) is 0 Å². The average molecular weight is 239 g/mol. The van der Waals surface area contributed by atoms with Crippen LogP contribution >= 0.6 is 0 Å². The van der Waals surface area contributed by atoms with Gasteiger partial charge in [0.05, 0.1) is 12.7 Å². The molecule has 1 aromatic carbocycles. The molecule has 2 N–H and O–H groups in total. The van der Waals surface area contributed by atoms with Crippen molar-refractivity contribution in [3.63, 3.8) is 0 Å². The Balaban J connectivity index is 2.07. The molecule has 0 unspecified atom stereocenters. The molecule has 0 atom stereocenters. The number of aromatic nitrogens is 4. The van der Waals surface area contributed by atoms with E-state index >= 15 is 0 Å². The molecule has 0 aliphatic heterocycles. The van der Waals surface area contributed by atoms with Crippen LogP contribution in [0.4, 0.5) is 0 Å². The van der Waals surface area contributed by atoms with E-state index in [4.69, 9.17) is 5.73 Å². The highest BCUT2D eigenvalue weighted by molar-refractivity contribution is 5.84. The van der Waals surface area contributed by atoms with Crippen LogP contribution in [0.5, 0.6) is 0 Å². The van der Waals surface area contributed by atoms with Crippen molar-refractivity contribution in [2.45, 2.75) is 6.54 Å². The summed E-state index contributed by atoms with van der Waals surface area (Å²) in [6.45, 7) is 0.311. The minimum absolute atomic E-state index is 0.311. The van der Waals surface area contributed by atoms with Crippen LogP contribution in [0.3, 0.4) is 0 Å². The van der Waals surface area contributed by atoms with Gasteiger partial charge in [0.2, 0.25) is 0 Å². The van der Waals surface area contributed by atoms with Crippen LogP contribution in [0.15, 0.2) is 36.7 Å². The van der Waals surface area contributed by atoms with Gasteiger partial charge >= 0.3 is 0 Å². The summed E-state index contributed by atoms with van der Waals surface area (Å²) in [5, 5.41) is 9.28. The van der Waals surface area contributed by atoms with Crippen molar-refractivity contribution in [1.29, 1.82) is 0 Å². The van der Waals surface area contributed by atoms with Gasteiger partial charge in [0.25, 0.3) is 0 Å². The van der Waals surface area contributed by atoms with Gasteiger partial charge in [-0.2, -0.15) is 0 Å². The summed E-state index contributed by atoms with van der Waals surface area (Å²) in [6.07, 6.45) is 3.75. The van der Waals surface area contributed by atoms with Crippen LogP contribution in [0.1, 0.15) is 5.82 Å². The second-order valence-corrected chi connectivity index (χ2v) is 4.16. The third-order valence-corrected chi connectivity index (χ3v) is 2.97. The summed E-state index contributed by atoms with van der Waals surface area (Å²) in [5.74, 6) is 0.555. The number of rotatable bonds is 2. The zero-order valence-electron chi connectivity index (χ0n) is 10.0. The first-order valence-corrected chi connectivity index (χ1v) is 5.72. The first kappa shape index (κ1) is 10.9. The minimum Gasteiger partial charge on any atom is -0.351 e. The van der Waals surface area contributed by atoms with E-state index in [2.05, 4.69) is 37.9 Å². The summed E-state index contributed by atoms with van der Waals surface area (Å²) in [5.41, 5.74) is 8.41. The topological polar surface area (TPSA) is 69.6 Å². The van der Waals surface area contributed by atoms with Gasteiger partial charge in [-0.15, -0.1) is 10.2 Å². The van der Waals surface area contributed by atoms with Crippen molar-refractivity contribution >= 4 is 10.9 Å². The van der Waals surface area contributed by atoms with Crippen molar-refractivity contribution in [3.05, 3.63) is 42.5 Å². The molecule has 0 aliphatic carbocycles. The molecule has 2 heterocycles. The Morgan fingerprint density at radius 2 is 2.11 bits per heavy atom. The van der Waals surface area contributed by atoms with E-state index in [1.165, 1.54) is 10.9 Å². The molecular formula is C13H13N5. The number of fused-ring (bicyclic) bond motifs is 1. The Bertz CT molecular complexity index is 684. The summed E-state index contributed by atoms with van der Waals surface area (Å²) in [6, 6.07) is 8.26. The summed E-state index contributed by atoms with van der Waals surface area (Å²) < 4.78 is 2.08. The molecule has 90 valence electrons. The molecule has 0 saturated heterocycles. The molecule has 0 spiro atoms. The van der Waals surface area contributed by atoms with Crippen LogP contribution in [0, 0.1) is 0 Å². The molecular weight excluding hydrogens is 226 g/mol. The highest BCUT2D eigenvalue weighted by Crippen LogP contribution is 2.22. The molecule has 0 fully saturated rings. The Morgan fingerprint density at radius 1 is 1.22 bits per heavy atom.